The first-order valence-electron chi connectivity index (χ1n) is 10.8. The minimum absolute atomic E-state index is 0. The number of amides is 1. The number of carbonyl (C=O) groups excluding carboxylic acids is 1. The highest BCUT2D eigenvalue weighted by Gasteiger charge is 2.10. The van der Waals surface area contributed by atoms with Crippen LogP contribution in [-0.2, 0) is 11.3 Å². The topological polar surface area (TPSA) is 78.0 Å². The first-order chi connectivity index (χ1) is 14.1. The van der Waals surface area contributed by atoms with E-state index in [9.17, 15) is 4.79 Å². The largest absolute Gasteiger partial charge is 0.379 e. The molecule has 7 nitrogen and oxygen atoms in total. The summed E-state index contributed by atoms with van der Waals surface area (Å²) in [4.78, 5) is 19.4. The minimum Gasteiger partial charge on any atom is -0.379 e. The highest BCUT2D eigenvalue weighted by molar-refractivity contribution is 14.0. The third kappa shape index (κ3) is 10.1. The van der Waals surface area contributed by atoms with Crippen LogP contribution >= 0.6 is 24.0 Å². The van der Waals surface area contributed by atoms with Crippen molar-refractivity contribution in [2.24, 2.45) is 4.99 Å². The van der Waals surface area contributed by atoms with Crippen molar-refractivity contribution in [3.63, 3.8) is 0 Å². The second kappa shape index (κ2) is 15.4. The van der Waals surface area contributed by atoms with Gasteiger partial charge in [0.15, 0.2) is 5.96 Å². The van der Waals surface area contributed by atoms with Gasteiger partial charge >= 0.3 is 0 Å². The summed E-state index contributed by atoms with van der Waals surface area (Å²) in [6, 6.07) is 7.86. The van der Waals surface area contributed by atoms with Gasteiger partial charge in [-0.05, 0) is 50.9 Å². The second-order valence-electron chi connectivity index (χ2n) is 7.41. The van der Waals surface area contributed by atoms with E-state index < -0.39 is 0 Å². The molecule has 1 aliphatic rings. The fourth-order valence-corrected chi connectivity index (χ4v) is 3.07. The molecule has 1 amide bonds. The van der Waals surface area contributed by atoms with Crippen LogP contribution < -0.4 is 16.0 Å². The van der Waals surface area contributed by atoms with Crippen LogP contribution in [0, 0.1) is 0 Å². The number of carbonyl (C=O) groups is 1. The third-order valence-electron chi connectivity index (χ3n) is 4.99. The zero-order chi connectivity index (χ0) is 20.9. The number of halogens is 1. The van der Waals surface area contributed by atoms with Gasteiger partial charge < -0.3 is 20.7 Å². The Bertz CT molecular complexity index is 650. The number of aliphatic imine (C=N–C) groups is 1. The van der Waals surface area contributed by atoms with Crippen LogP contribution in [0.25, 0.3) is 0 Å². The summed E-state index contributed by atoms with van der Waals surface area (Å²) in [6.07, 6.45) is 1.98. The second-order valence-corrected chi connectivity index (χ2v) is 7.41. The van der Waals surface area contributed by atoms with Crippen LogP contribution in [0.1, 0.15) is 49.5 Å². The molecule has 3 N–H and O–H groups in total. The van der Waals surface area contributed by atoms with E-state index in [1.54, 1.807) is 0 Å². The van der Waals surface area contributed by atoms with Crippen molar-refractivity contribution in [2.45, 2.75) is 46.2 Å². The molecule has 1 aliphatic heterocycles. The molecule has 8 heteroatoms. The fourth-order valence-electron chi connectivity index (χ4n) is 3.07. The SMILES string of the molecule is CCNC(=NCc1cccc(C(=O)NC(C)CC)c1)NCCCN1CCOCC1.I. The van der Waals surface area contributed by atoms with Gasteiger partial charge in [0.2, 0.25) is 0 Å². The molecule has 1 heterocycles. The molecule has 1 aromatic rings. The lowest BCUT2D eigenvalue weighted by Crippen LogP contribution is -2.40. The maximum absolute atomic E-state index is 12.3. The summed E-state index contributed by atoms with van der Waals surface area (Å²) in [5.41, 5.74) is 1.70. The van der Waals surface area contributed by atoms with Gasteiger partial charge in [-0.15, -0.1) is 24.0 Å². The Balaban J connectivity index is 0.00000450. The van der Waals surface area contributed by atoms with Crippen molar-refractivity contribution in [1.29, 1.82) is 0 Å². The van der Waals surface area contributed by atoms with Crippen LogP contribution in [0.5, 0.6) is 0 Å². The number of rotatable bonds is 10. The van der Waals surface area contributed by atoms with Gasteiger partial charge in [0.05, 0.1) is 19.8 Å². The molecule has 0 aliphatic carbocycles. The molecule has 30 heavy (non-hydrogen) atoms. The van der Waals surface area contributed by atoms with Crippen LogP contribution in [0.4, 0.5) is 0 Å². The average Bonchev–Trinajstić information content (AvgIpc) is 2.75. The van der Waals surface area contributed by atoms with Gasteiger partial charge in [0.1, 0.15) is 0 Å². The maximum atomic E-state index is 12.3. The number of nitrogens with zero attached hydrogens (tertiary/aromatic N) is 2. The van der Waals surface area contributed by atoms with Gasteiger partial charge in [0.25, 0.3) is 5.91 Å². The van der Waals surface area contributed by atoms with Gasteiger partial charge in [-0.3, -0.25) is 9.69 Å². The quantitative estimate of drug-likeness (QED) is 0.187. The highest BCUT2D eigenvalue weighted by atomic mass is 127. The van der Waals surface area contributed by atoms with E-state index in [0.717, 1.165) is 70.3 Å². The van der Waals surface area contributed by atoms with Crippen molar-refractivity contribution in [3.05, 3.63) is 35.4 Å². The molecule has 2 rings (SSSR count). The van der Waals surface area contributed by atoms with Gasteiger partial charge in [0, 0.05) is 37.8 Å². The normalized spacial score (nSPS) is 15.8. The van der Waals surface area contributed by atoms with Crippen molar-refractivity contribution < 1.29 is 9.53 Å². The van der Waals surface area contributed by atoms with Crippen LogP contribution in [-0.4, -0.2) is 68.7 Å². The van der Waals surface area contributed by atoms with Crippen LogP contribution in [0.3, 0.4) is 0 Å². The lowest BCUT2D eigenvalue weighted by molar-refractivity contribution is 0.0376. The Labute approximate surface area is 198 Å². The number of nitrogens with one attached hydrogen (secondary N) is 3. The highest BCUT2D eigenvalue weighted by Crippen LogP contribution is 2.07. The summed E-state index contributed by atoms with van der Waals surface area (Å²) in [5, 5.41) is 9.70. The lowest BCUT2D eigenvalue weighted by atomic mass is 10.1. The van der Waals surface area contributed by atoms with E-state index >= 15 is 0 Å². The molecule has 170 valence electrons. The predicted molar refractivity (Wildman–Crippen MR) is 134 cm³/mol. The fraction of sp³-hybridized carbons (Fsp3) is 0.636. The number of guanidine groups is 1. The monoisotopic (exact) mass is 531 g/mol. The number of benzene rings is 1. The Hall–Kier alpha value is -1.39. The van der Waals surface area contributed by atoms with E-state index in [4.69, 9.17) is 4.74 Å². The average molecular weight is 531 g/mol. The van der Waals surface area contributed by atoms with Crippen molar-refractivity contribution in [1.82, 2.24) is 20.9 Å². The van der Waals surface area contributed by atoms with Crippen LogP contribution in [0.15, 0.2) is 29.3 Å². The molecular formula is C22H38IN5O2. The number of hydrogen-bond donors (Lipinski definition) is 3. The molecule has 0 bridgehead atoms. The molecule has 1 unspecified atom stereocenters. The number of ether oxygens (including phenoxy) is 1. The van der Waals surface area contributed by atoms with Crippen molar-refractivity contribution in [2.75, 3.05) is 45.9 Å². The molecule has 0 saturated carbocycles. The first-order valence-corrected chi connectivity index (χ1v) is 10.8. The van der Waals surface area contributed by atoms with Crippen molar-refractivity contribution >= 4 is 35.8 Å². The third-order valence-corrected chi connectivity index (χ3v) is 4.99. The summed E-state index contributed by atoms with van der Waals surface area (Å²) >= 11 is 0. The summed E-state index contributed by atoms with van der Waals surface area (Å²) in [7, 11) is 0. The molecule has 1 fully saturated rings. The molecule has 0 aromatic heterocycles. The Morgan fingerprint density at radius 2 is 2.00 bits per heavy atom. The summed E-state index contributed by atoms with van der Waals surface area (Å²) in [6.45, 7) is 13.2. The minimum atomic E-state index is -0.0293. The number of morpholine rings is 1. The zero-order valence-electron chi connectivity index (χ0n) is 18.6. The molecule has 1 aromatic carbocycles. The van der Waals surface area contributed by atoms with E-state index in [1.807, 2.05) is 31.2 Å². The zero-order valence-corrected chi connectivity index (χ0v) is 20.9. The van der Waals surface area contributed by atoms with Gasteiger partial charge in [-0.2, -0.15) is 0 Å². The molecule has 1 atom stereocenters. The van der Waals surface area contributed by atoms with E-state index in [-0.39, 0.29) is 35.9 Å². The Morgan fingerprint density at radius 3 is 2.70 bits per heavy atom. The van der Waals surface area contributed by atoms with E-state index in [0.29, 0.717) is 12.1 Å². The smallest absolute Gasteiger partial charge is 0.251 e. The Kier molecular flexibility index (Phi) is 13.7. The van der Waals surface area contributed by atoms with Gasteiger partial charge in [-0.1, -0.05) is 19.1 Å². The lowest BCUT2D eigenvalue weighted by Gasteiger charge is -2.26. The molecular weight excluding hydrogens is 493 g/mol. The van der Waals surface area contributed by atoms with E-state index in [1.165, 1.54) is 0 Å². The standard InChI is InChI=1S/C22H37N5O2.HI/c1-4-18(3)26-21(28)20-9-6-8-19(16-20)17-25-22(23-5-2)24-10-7-11-27-12-14-29-15-13-27;/h6,8-9,16,18H,4-5,7,10-15,17H2,1-3H3,(H,26,28)(H2,23,24,25);1H. The maximum Gasteiger partial charge on any atom is 0.251 e. The number of hydrogen-bond acceptors (Lipinski definition) is 4. The van der Waals surface area contributed by atoms with E-state index in [2.05, 4.69) is 39.7 Å². The summed E-state index contributed by atoms with van der Waals surface area (Å²) in [5.74, 6) is 0.780. The predicted octanol–water partition coefficient (Wildman–Crippen LogP) is 2.61. The molecule has 1 saturated heterocycles. The molecule has 0 spiro atoms. The van der Waals surface area contributed by atoms with Gasteiger partial charge in [-0.25, -0.2) is 4.99 Å². The van der Waals surface area contributed by atoms with Crippen LogP contribution in [0.2, 0.25) is 0 Å². The Morgan fingerprint density at radius 1 is 1.23 bits per heavy atom. The first kappa shape index (κ1) is 26.6. The van der Waals surface area contributed by atoms with Crippen molar-refractivity contribution in [3.8, 4) is 0 Å². The molecule has 0 radical (unpaired) electrons. The summed E-state index contributed by atoms with van der Waals surface area (Å²) < 4.78 is 5.39.